The van der Waals surface area contributed by atoms with Crippen molar-refractivity contribution in [1.29, 1.82) is 5.26 Å². The van der Waals surface area contributed by atoms with Crippen molar-refractivity contribution in [1.82, 2.24) is 9.78 Å². The Morgan fingerprint density at radius 1 is 1.41 bits per heavy atom. The summed E-state index contributed by atoms with van der Waals surface area (Å²) in [6, 6.07) is 11.6. The smallest absolute Gasteiger partial charge is 0.0992 e. The van der Waals surface area contributed by atoms with Crippen LogP contribution >= 0.6 is 0 Å². The molecular weight excluding hydrogens is 212 g/mol. The summed E-state index contributed by atoms with van der Waals surface area (Å²) in [5, 5.41) is 16.4. The molecule has 0 bridgehead atoms. The second-order valence-electron chi connectivity index (χ2n) is 3.95. The largest absolute Gasteiger partial charge is 0.379 e. The normalized spacial score (nSPS) is 9.94. The van der Waals surface area contributed by atoms with Crippen molar-refractivity contribution >= 4 is 5.69 Å². The molecular formula is C13H14N4. The summed E-state index contributed by atoms with van der Waals surface area (Å²) in [6.07, 6.45) is 0. The van der Waals surface area contributed by atoms with Crippen molar-refractivity contribution in [3.63, 3.8) is 0 Å². The van der Waals surface area contributed by atoms with E-state index in [1.54, 1.807) is 6.07 Å². The maximum Gasteiger partial charge on any atom is 0.0992 e. The summed E-state index contributed by atoms with van der Waals surface area (Å²) in [5.74, 6) is 0. The van der Waals surface area contributed by atoms with E-state index in [2.05, 4.69) is 16.5 Å². The molecule has 0 atom stereocenters. The first-order chi connectivity index (χ1) is 8.19. The third-order valence-electron chi connectivity index (χ3n) is 2.56. The molecule has 4 heteroatoms. The van der Waals surface area contributed by atoms with Crippen molar-refractivity contribution in [2.24, 2.45) is 7.05 Å². The minimum Gasteiger partial charge on any atom is -0.379 e. The second kappa shape index (κ2) is 4.71. The first-order valence-electron chi connectivity index (χ1n) is 5.42. The summed E-state index contributed by atoms with van der Waals surface area (Å²) in [4.78, 5) is 0. The molecule has 0 saturated heterocycles. The van der Waals surface area contributed by atoms with E-state index >= 15 is 0 Å². The number of nitrogens with zero attached hydrogens (tertiary/aromatic N) is 3. The van der Waals surface area contributed by atoms with Gasteiger partial charge < -0.3 is 5.32 Å². The number of aryl methyl sites for hydroxylation is 2. The number of hydrogen-bond donors (Lipinski definition) is 1. The van der Waals surface area contributed by atoms with Gasteiger partial charge in [0.25, 0.3) is 0 Å². The van der Waals surface area contributed by atoms with Crippen LogP contribution in [0.5, 0.6) is 0 Å². The number of nitriles is 1. The highest BCUT2D eigenvalue weighted by atomic mass is 15.3. The molecule has 1 aromatic heterocycles. The number of hydrogen-bond acceptors (Lipinski definition) is 3. The van der Waals surface area contributed by atoms with Crippen LogP contribution in [0.2, 0.25) is 0 Å². The number of benzene rings is 1. The van der Waals surface area contributed by atoms with Gasteiger partial charge >= 0.3 is 0 Å². The van der Waals surface area contributed by atoms with Crippen molar-refractivity contribution in [2.45, 2.75) is 13.5 Å². The minimum atomic E-state index is 0.663. The van der Waals surface area contributed by atoms with E-state index in [0.717, 1.165) is 17.1 Å². The molecule has 0 spiro atoms. The lowest BCUT2D eigenvalue weighted by atomic mass is 10.2. The van der Waals surface area contributed by atoms with Crippen molar-refractivity contribution in [3.8, 4) is 6.07 Å². The highest BCUT2D eigenvalue weighted by Gasteiger charge is 2.01. The lowest BCUT2D eigenvalue weighted by Crippen LogP contribution is -2.05. The Morgan fingerprint density at radius 2 is 2.24 bits per heavy atom. The molecule has 17 heavy (non-hydrogen) atoms. The van der Waals surface area contributed by atoms with Crippen LogP contribution in [-0.4, -0.2) is 9.78 Å². The molecule has 0 saturated carbocycles. The van der Waals surface area contributed by atoms with Crippen LogP contribution in [-0.2, 0) is 13.6 Å². The maximum atomic E-state index is 8.80. The van der Waals surface area contributed by atoms with E-state index in [0.29, 0.717) is 12.1 Å². The Bertz CT molecular complexity index is 563. The van der Waals surface area contributed by atoms with Crippen LogP contribution in [0.3, 0.4) is 0 Å². The quantitative estimate of drug-likeness (QED) is 0.873. The Morgan fingerprint density at radius 3 is 2.88 bits per heavy atom. The molecule has 0 unspecified atom stereocenters. The average molecular weight is 226 g/mol. The second-order valence-corrected chi connectivity index (χ2v) is 3.95. The summed E-state index contributed by atoms with van der Waals surface area (Å²) in [6.45, 7) is 2.67. The third-order valence-corrected chi connectivity index (χ3v) is 2.56. The monoisotopic (exact) mass is 226 g/mol. The Labute approximate surface area is 100 Å². The standard InChI is InChI=1S/C13H14N4/c1-10-6-13(17(2)16-10)9-15-12-5-3-4-11(7-12)8-14/h3-7,15H,9H2,1-2H3. The Kier molecular flexibility index (Phi) is 3.10. The van der Waals surface area contributed by atoms with Crippen molar-refractivity contribution in [2.75, 3.05) is 5.32 Å². The zero-order chi connectivity index (χ0) is 12.3. The van der Waals surface area contributed by atoms with Gasteiger partial charge in [-0.15, -0.1) is 0 Å². The molecule has 0 amide bonds. The Hall–Kier alpha value is -2.28. The van der Waals surface area contributed by atoms with Gasteiger partial charge in [0.15, 0.2) is 0 Å². The topological polar surface area (TPSA) is 53.6 Å². The van der Waals surface area contributed by atoms with Gasteiger partial charge in [-0.1, -0.05) is 6.07 Å². The highest BCUT2D eigenvalue weighted by molar-refractivity contribution is 5.49. The maximum absolute atomic E-state index is 8.80. The molecule has 0 radical (unpaired) electrons. The van der Waals surface area contributed by atoms with Gasteiger partial charge in [0.05, 0.1) is 29.6 Å². The van der Waals surface area contributed by atoms with Crippen LogP contribution in [0, 0.1) is 18.3 Å². The molecule has 1 N–H and O–H groups in total. The lowest BCUT2D eigenvalue weighted by molar-refractivity contribution is 0.713. The molecule has 4 nitrogen and oxygen atoms in total. The van der Waals surface area contributed by atoms with E-state index in [9.17, 15) is 0 Å². The molecule has 0 fully saturated rings. The van der Waals surface area contributed by atoms with Crippen LogP contribution in [0.25, 0.3) is 0 Å². The van der Waals surface area contributed by atoms with E-state index < -0.39 is 0 Å². The van der Waals surface area contributed by atoms with Gasteiger partial charge in [-0.25, -0.2) is 0 Å². The molecule has 86 valence electrons. The van der Waals surface area contributed by atoms with Gasteiger partial charge in [-0.2, -0.15) is 10.4 Å². The van der Waals surface area contributed by atoms with Crippen molar-refractivity contribution in [3.05, 3.63) is 47.3 Å². The predicted molar refractivity (Wildman–Crippen MR) is 66.4 cm³/mol. The highest BCUT2D eigenvalue weighted by Crippen LogP contribution is 2.11. The van der Waals surface area contributed by atoms with Gasteiger partial charge in [0.2, 0.25) is 0 Å². The van der Waals surface area contributed by atoms with E-state index in [1.165, 1.54) is 0 Å². The van der Waals surface area contributed by atoms with E-state index in [4.69, 9.17) is 5.26 Å². The van der Waals surface area contributed by atoms with Gasteiger partial charge in [-0.3, -0.25) is 4.68 Å². The lowest BCUT2D eigenvalue weighted by Gasteiger charge is -2.06. The molecule has 0 aliphatic rings. The number of nitrogens with one attached hydrogen (secondary N) is 1. The number of rotatable bonds is 3. The predicted octanol–water partition coefficient (Wildman–Crippen LogP) is 2.21. The first kappa shape index (κ1) is 11.2. The fraction of sp³-hybridized carbons (Fsp3) is 0.231. The third kappa shape index (κ3) is 2.64. The number of anilines is 1. The molecule has 1 aromatic carbocycles. The zero-order valence-corrected chi connectivity index (χ0v) is 9.94. The van der Waals surface area contributed by atoms with Crippen LogP contribution in [0.4, 0.5) is 5.69 Å². The molecule has 0 aliphatic carbocycles. The van der Waals surface area contributed by atoms with E-state index in [-0.39, 0.29) is 0 Å². The molecule has 0 aliphatic heterocycles. The Balaban J connectivity index is 2.07. The number of aromatic nitrogens is 2. The summed E-state index contributed by atoms with van der Waals surface area (Å²) in [7, 11) is 1.93. The SMILES string of the molecule is Cc1cc(CNc2cccc(C#N)c2)n(C)n1. The molecule has 2 rings (SSSR count). The summed E-state index contributed by atoms with van der Waals surface area (Å²) < 4.78 is 1.86. The van der Waals surface area contributed by atoms with Crippen LogP contribution < -0.4 is 5.32 Å². The zero-order valence-electron chi connectivity index (χ0n) is 9.94. The van der Waals surface area contributed by atoms with Gasteiger partial charge in [0, 0.05) is 12.7 Å². The van der Waals surface area contributed by atoms with Gasteiger partial charge in [0.1, 0.15) is 0 Å². The van der Waals surface area contributed by atoms with Gasteiger partial charge in [-0.05, 0) is 31.2 Å². The van der Waals surface area contributed by atoms with Crippen LogP contribution in [0.15, 0.2) is 30.3 Å². The van der Waals surface area contributed by atoms with Crippen molar-refractivity contribution < 1.29 is 0 Å². The fourth-order valence-electron chi connectivity index (χ4n) is 1.72. The molecule has 2 aromatic rings. The average Bonchev–Trinajstić information content (AvgIpc) is 2.65. The minimum absolute atomic E-state index is 0.663. The van der Waals surface area contributed by atoms with Crippen LogP contribution in [0.1, 0.15) is 17.0 Å². The van der Waals surface area contributed by atoms with E-state index in [1.807, 2.05) is 42.9 Å². The molecule has 1 heterocycles. The first-order valence-corrected chi connectivity index (χ1v) is 5.42. The summed E-state index contributed by atoms with van der Waals surface area (Å²) in [5.41, 5.74) is 3.74. The fourth-order valence-corrected chi connectivity index (χ4v) is 1.72. The summed E-state index contributed by atoms with van der Waals surface area (Å²) >= 11 is 0.